The first kappa shape index (κ1) is 23.2. The first-order valence-electron chi connectivity index (χ1n) is 10.7. The van der Waals surface area contributed by atoms with Crippen LogP contribution in [0.15, 0.2) is 58.6 Å². The van der Waals surface area contributed by atoms with Gasteiger partial charge < -0.3 is 4.74 Å². The molecule has 0 saturated carbocycles. The summed E-state index contributed by atoms with van der Waals surface area (Å²) in [6, 6.07) is 14.1. The van der Waals surface area contributed by atoms with Crippen LogP contribution in [-0.2, 0) is 4.79 Å². The number of hydrogen-bond donors (Lipinski definition) is 0. The van der Waals surface area contributed by atoms with Gasteiger partial charge in [-0.3, -0.25) is 14.9 Å². The molecule has 0 aliphatic heterocycles. The van der Waals surface area contributed by atoms with Gasteiger partial charge in [0, 0.05) is 15.0 Å². The summed E-state index contributed by atoms with van der Waals surface area (Å²) in [6.07, 6.45) is 5.68. The van der Waals surface area contributed by atoms with Gasteiger partial charge in [-0.05, 0) is 47.4 Å². The number of carbonyl (C=O) groups excluding carboxylic acids is 1. The fourth-order valence-electron chi connectivity index (χ4n) is 4.68. The fraction of sp³-hybridized carbons (Fsp3) is 0.400. The number of ether oxygens (including phenoxy) is 1. The van der Waals surface area contributed by atoms with Crippen LogP contribution in [0.25, 0.3) is 5.57 Å². The molecule has 6 heteroatoms. The van der Waals surface area contributed by atoms with Crippen LogP contribution < -0.4 is 4.74 Å². The number of halogens is 1. The molecule has 2 aromatic rings. The highest BCUT2D eigenvalue weighted by Gasteiger charge is 2.50. The Morgan fingerprint density at radius 2 is 1.74 bits per heavy atom. The molecule has 2 aromatic carbocycles. The second kappa shape index (κ2) is 10.7. The summed E-state index contributed by atoms with van der Waals surface area (Å²) in [5, 5.41) is 12.3. The van der Waals surface area contributed by atoms with Crippen molar-refractivity contribution in [3.63, 3.8) is 0 Å². The number of hydrogen-bond acceptors (Lipinski definition) is 4. The molecule has 0 N–H and O–H groups in total. The highest BCUT2D eigenvalue weighted by atomic mass is 79.9. The molecule has 0 radical (unpaired) electrons. The molecule has 31 heavy (non-hydrogen) atoms. The van der Waals surface area contributed by atoms with Crippen LogP contribution in [0.4, 0.5) is 0 Å². The number of aldehydes is 1. The standard InChI is InChI=1S/C25H28BrNO4/c1-3-4-5-6-7-21-23(17-8-12-19(26)13-9-17)22(16-28)24(25(21)27(29)30)18-10-14-20(31-2)15-11-18/h8-16,21,24-25H,3-7H2,1-2H3/t21-,24+,25+/m0/s1. The van der Waals surface area contributed by atoms with E-state index in [9.17, 15) is 14.9 Å². The maximum Gasteiger partial charge on any atom is 0.230 e. The predicted molar refractivity (Wildman–Crippen MR) is 126 cm³/mol. The molecule has 164 valence electrons. The average Bonchev–Trinajstić information content (AvgIpc) is 3.11. The monoisotopic (exact) mass is 485 g/mol. The Hall–Kier alpha value is -2.47. The SMILES string of the molecule is CCCCCC[C@H]1C(c2ccc(Br)cc2)=C(C=O)[C@@H](c2ccc(OC)cc2)[C@@H]1[N+](=O)[O-]. The first-order chi connectivity index (χ1) is 15.0. The molecule has 0 spiro atoms. The number of rotatable bonds is 10. The number of benzene rings is 2. The zero-order valence-corrected chi connectivity index (χ0v) is 19.5. The van der Waals surface area contributed by atoms with Crippen molar-refractivity contribution in [2.24, 2.45) is 5.92 Å². The minimum absolute atomic E-state index is 0.186. The summed E-state index contributed by atoms with van der Waals surface area (Å²) in [4.78, 5) is 24.5. The Labute approximate surface area is 191 Å². The van der Waals surface area contributed by atoms with Gasteiger partial charge in [-0.25, -0.2) is 0 Å². The quantitative estimate of drug-likeness (QED) is 0.168. The van der Waals surface area contributed by atoms with Crippen molar-refractivity contribution in [3.05, 3.63) is 79.8 Å². The molecule has 0 fully saturated rings. The summed E-state index contributed by atoms with van der Waals surface area (Å²) in [5.41, 5.74) is 3.00. The smallest absolute Gasteiger partial charge is 0.230 e. The van der Waals surface area contributed by atoms with Crippen molar-refractivity contribution in [1.82, 2.24) is 0 Å². The predicted octanol–water partition coefficient (Wildman–Crippen LogP) is 6.44. The summed E-state index contributed by atoms with van der Waals surface area (Å²) in [7, 11) is 1.58. The van der Waals surface area contributed by atoms with Crippen LogP contribution in [0.5, 0.6) is 5.75 Å². The summed E-state index contributed by atoms with van der Waals surface area (Å²) in [6.45, 7) is 2.15. The van der Waals surface area contributed by atoms with E-state index in [4.69, 9.17) is 4.74 Å². The van der Waals surface area contributed by atoms with E-state index >= 15 is 0 Å². The van der Waals surface area contributed by atoms with Crippen molar-refractivity contribution < 1.29 is 14.5 Å². The minimum Gasteiger partial charge on any atom is -0.497 e. The van der Waals surface area contributed by atoms with Gasteiger partial charge in [-0.15, -0.1) is 0 Å². The molecular weight excluding hydrogens is 458 g/mol. The Morgan fingerprint density at radius 1 is 1.06 bits per heavy atom. The zero-order valence-electron chi connectivity index (χ0n) is 17.9. The van der Waals surface area contributed by atoms with Crippen LogP contribution in [0.3, 0.4) is 0 Å². The molecule has 5 nitrogen and oxygen atoms in total. The second-order valence-corrected chi connectivity index (χ2v) is 8.89. The van der Waals surface area contributed by atoms with Gasteiger partial charge in [0.05, 0.1) is 18.9 Å². The van der Waals surface area contributed by atoms with E-state index in [0.717, 1.165) is 53.1 Å². The maximum atomic E-state index is 12.3. The normalized spacial score (nSPS) is 20.7. The largest absolute Gasteiger partial charge is 0.497 e. The van der Waals surface area contributed by atoms with Gasteiger partial charge in [0.25, 0.3) is 0 Å². The van der Waals surface area contributed by atoms with Gasteiger partial charge in [0.2, 0.25) is 6.04 Å². The highest BCUT2D eigenvalue weighted by molar-refractivity contribution is 9.10. The van der Waals surface area contributed by atoms with E-state index in [1.807, 2.05) is 36.4 Å². The lowest BCUT2D eigenvalue weighted by Gasteiger charge is -2.21. The number of nitrogens with zero attached hydrogens (tertiary/aromatic N) is 1. The second-order valence-electron chi connectivity index (χ2n) is 7.98. The van der Waals surface area contributed by atoms with Crippen molar-refractivity contribution >= 4 is 27.8 Å². The van der Waals surface area contributed by atoms with Crippen LogP contribution >= 0.6 is 15.9 Å². The summed E-state index contributed by atoms with van der Waals surface area (Å²) >= 11 is 3.45. The molecule has 1 aliphatic carbocycles. The average molecular weight is 486 g/mol. The van der Waals surface area contributed by atoms with Crippen molar-refractivity contribution in [2.75, 3.05) is 7.11 Å². The highest BCUT2D eigenvalue weighted by Crippen LogP contribution is 2.50. The van der Waals surface area contributed by atoms with E-state index in [1.54, 1.807) is 19.2 Å². The van der Waals surface area contributed by atoms with Gasteiger partial charge in [0.1, 0.15) is 12.0 Å². The molecular formula is C25H28BrNO4. The van der Waals surface area contributed by atoms with Gasteiger partial charge in [-0.2, -0.15) is 0 Å². The van der Waals surface area contributed by atoms with E-state index in [0.29, 0.717) is 17.7 Å². The van der Waals surface area contributed by atoms with Gasteiger partial charge in [-0.1, -0.05) is 72.8 Å². The number of unbranched alkanes of at least 4 members (excludes halogenated alkanes) is 3. The van der Waals surface area contributed by atoms with Crippen molar-refractivity contribution in [3.8, 4) is 5.75 Å². The third-order valence-electron chi connectivity index (χ3n) is 6.14. The van der Waals surface area contributed by atoms with Crippen LogP contribution in [0, 0.1) is 16.0 Å². The molecule has 0 unspecified atom stereocenters. The molecule has 1 aliphatic rings. The summed E-state index contributed by atoms with van der Waals surface area (Å²) in [5.74, 6) is -0.200. The molecule has 0 bridgehead atoms. The molecule has 3 atom stereocenters. The topological polar surface area (TPSA) is 69.4 Å². The Balaban J connectivity index is 2.11. The lowest BCUT2D eigenvalue weighted by Crippen LogP contribution is -2.31. The minimum atomic E-state index is -0.867. The van der Waals surface area contributed by atoms with Gasteiger partial charge >= 0.3 is 0 Å². The molecule has 0 aromatic heterocycles. The Kier molecular flexibility index (Phi) is 8.02. The van der Waals surface area contributed by atoms with Crippen LogP contribution in [0.2, 0.25) is 0 Å². The summed E-state index contributed by atoms with van der Waals surface area (Å²) < 4.78 is 6.17. The van der Waals surface area contributed by atoms with Crippen LogP contribution in [0.1, 0.15) is 56.1 Å². The van der Waals surface area contributed by atoms with E-state index in [1.165, 1.54) is 0 Å². The van der Waals surface area contributed by atoms with Crippen molar-refractivity contribution in [2.45, 2.75) is 51.0 Å². The van der Waals surface area contributed by atoms with E-state index in [2.05, 4.69) is 22.9 Å². The molecule has 3 rings (SSSR count). The molecule has 0 heterocycles. The first-order valence-corrected chi connectivity index (χ1v) is 11.5. The number of methoxy groups -OCH3 is 1. The van der Waals surface area contributed by atoms with Crippen molar-refractivity contribution in [1.29, 1.82) is 0 Å². The van der Waals surface area contributed by atoms with Gasteiger partial charge in [0.15, 0.2) is 0 Å². The lowest BCUT2D eigenvalue weighted by molar-refractivity contribution is -0.530. The lowest BCUT2D eigenvalue weighted by atomic mass is 9.84. The molecule has 0 saturated heterocycles. The fourth-order valence-corrected chi connectivity index (χ4v) is 4.94. The van der Waals surface area contributed by atoms with E-state index in [-0.39, 0.29) is 10.8 Å². The molecule has 0 amide bonds. The Bertz CT molecular complexity index is 937. The number of carbonyl (C=O) groups is 1. The third-order valence-corrected chi connectivity index (χ3v) is 6.67. The maximum absolute atomic E-state index is 12.3. The third kappa shape index (κ3) is 5.06. The zero-order chi connectivity index (χ0) is 22.4. The Morgan fingerprint density at radius 3 is 2.29 bits per heavy atom. The number of nitro groups is 1. The van der Waals surface area contributed by atoms with Crippen LogP contribution in [-0.4, -0.2) is 24.4 Å². The van der Waals surface area contributed by atoms with E-state index < -0.39 is 12.0 Å².